The number of halogens is 1. The molecule has 4 rings (SSSR count). The van der Waals surface area contributed by atoms with E-state index in [1.54, 1.807) is 0 Å². The Morgan fingerprint density at radius 2 is 2.10 bits per heavy atom. The van der Waals surface area contributed by atoms with Crippen molar-refractivity contribution in [3.8, 4) is 5.75 Å². The van der Waals surface area contributed by atoms with E-state index in [2.05, 4.69) is 38.5 Å². The summed E-state index contributed by atoms with van der Waals surface area (Å²) in [5, 5.41) is 9.42. The van der Waals surface area contributed by atoms with Crippen molar-refractivity contribution in [2.24, 2.45) is 0 Å². The number of carbonyl (C=O) groups is 1. The standard InChI is InChI=1S/C22H24BrN3O2S/c1-14-21(23)15(2)26(25-14)9-8-24-22(27)20-10-16(13-29-20)12-28-19-7-6-17-4-3-5-18(17)11-19/h6-7,10-11,13H,3-5,8-9,12H2,1-2H3,(H,24,27). The first kappa shape index (κ1) is 20.2. The number of nitrogens with zero attached hydrogens (tertiary/aromatic N) is 2. The third-order valence-corrected chi connectivity index (χ3v) is 7.38. The maximum atomic E-state index is 12.4. The Balaban J connectivity index is 1.28. The Labute approximate surface area is 183 Å². The second-order valence-electron chi connectivity index (χ2n) is 7.36. The van der Waals surface area contributed by atoms with Gasteiger partial charge in [-0.15, -0.1) is 11.3 Å². The summed E-state index contributed by atoms with van der Waals surface area (Å²) in [6.45, 7) is 5.63. The second-order valence-corrected chi connectivity index (χ2v) is 9.06. The molecule has 3 aromatic rings. The average Bonchev–Trinajstić information content (AvgIpc) is 3.43. The molecule has 0 saturated heterocycles. The number of rotatable bonds is 7. The fourth-order valence-electron chi connectivity index (χ4n) is 3.63. The normalized spacial score (nSPS) is 12.8. The summed E-state index contributed by atoms with van der Waals surface area (Å²) in [6, 6.07) is 8.28. The molecule has 5 nitrogen and oxygen atoms in total. The highest BCUT2D eigenvalue weighted by Crippen LogP contribution is 2.27. The lowest BCUT2D eigenvalue weighted by molar-refractivity contribution is 0.0956. The van der Waals surface area contributed by atoms with Crippen LogP contribution in [0.4, 0.5) is 0 Å². The zero-order chi connectivity index (χ0) is 20.4. The summed E-state index contributed by atoms with van der Waals surface area (Å²) in [5.74, 6) is 0.846. The van der Waals surface area contributed by atoms with Crippen LogP contribution in [-0.4, -0.2) is 22.2 Å². The smallest absolute Gasteiger partial charge is 0.261 e. The molecule has 1 aromatic carbocycles. The minimum atomic E-state index is -0.0561. The maximum Gasteiger partial charge on any atom is 0.261 e. The Hall–Kier alpha value is -2.12. The summed E-state index contributed by atoms with van der Waals surface area (Å²) < 4.78 is 8.86. The van der Waals surface area contributed by atoms with E-state index in [4.69, 9.17) is 4.74 Å². The molecule has 29 heavy (non-hydrogen) atoms. The second kappa shape index (κ2) is 8.71. The van der Waals surface area contributed by atoms with Crippen LogP contribution in [0, 0.1) is 13.8 Å². The number of ether oxygens (including phenoxy) is 1. The van der Waals surface area contributed by atoms with E-state index in [1.165, 1.54) is 35.3 Å². The highest BCUT2D eigenvalue weighted by atomic mass is 79.9. The summed E-state index contributed by atoms with van der Waals surface area (Å²) in [4.78, 5) is 13.1. The lowest BCUT2D eigenvalue weighted by atomic mass is 10.1. The van der Waals surface area contributed by atoms with Crippen LogP contribution in [0.1, 0.15) is 44.2 Å². The maximum absolute atomic E-state index is 12.4. The Morgan fingerprint density at radius 1 is 1.28 bits per heavy atom. The van der Waals surface area contributed by atoms with Gasteiger partial charge < -0.3 is 10.1 Å². The van der Waals surface area contributed by atoms with E-state index in [0.717, 1.165) is 33.6 Å². The van der Waals surface area contributed by atoms with Crippen molar-refractivity contribution in [1.82, 2.24) is 15.1 Å². The van der Waals surface area contributed by atoms with Gasteiger partial charge >= 0.3 is 0 Å². The quantitative estimate of drug-likeness (QED) is 0.534. The molecule has 0 fully saturated rings. The van der Waals surface area contributed by atoms with Gasteiger partial charge in [0.25, 0.3) is 5.91 Å². The molecule has 0 unspecified atom stereocenters. The monoisotopic (exact) mass is 473 g/mol. The topological polar surface area (TPSA) is 56.2 Å². The van der Waals surface area contributed by atoms with Crippen LogP contribution in [0.2, 0.25) is 0 Å². The van der Waals surface area contributed by atoms with E-state index in [0.29, 0.717) is 24.6 Å². The Kier molecular flexibility index (Phi) is 6.06. The molecule has 0 spiro atoms. The number of hydrogen-bond acceptors (Lipinski definition) is 4. The Bertz CT molecular complexity index is 1040. The van der Waals surface area contributed by atoms with Crippen LogP contribution >= 0.6 is 27.3 Å². The molecule has 1 aliphatic carbocycles. The molecule has 152 valence electrons. The van der Waals surface area contributed by atoms with Crippen LogP contribution in [0.15, 0.2) is 34.1 Å². The molecule has 0 aliphatic heterocycles. The van der Waals surface area contributed by atoms with Gasteiger partial charge in [0.15, 0.2) is 0 Å². The van der Waals surface area contributed by atoms with Gasteiger partial charge in [-0.05, 0) is 83.7 Å². The van der Waals surface area contributed by atoms with Crippen molar-refractivity contribution < 1.29 is 9.53 Å². The molecule has 0 atom stereocenters. The van der Waals surface area contributed by atoms with Crippen LogP contribution in [-0.2, 0) is 26.0 Å². The van der Waals surface area contributed by atoms with E-state index in [1.807, 2.05) is 36.0 Å². The van der Waals surface area contributed by atoms with Gasteiger partial charge in [0.05, 0.1) is 21.6 Å². The zero-order valence-corrected chi connectivity index (χ0v) is 19.0. The molecule has 1 N–H and O–H groups in total. The minimum Gasteiger partial charge on any atom is -0.489 e. The van der Waals surface area contributed by atoms with E-state index in [-0.39, 0.29) is 5.91 Å². The number of aromatic nitrogens is 2. The number of fused-ring (bicyclic) bond motifs is 1. The van der Waals surface area contributed by atoms with Gasteiger partial charge in [0, 0.05) is 17.8 Å². The van der Waals surface area contributed by atoms with Crippen LogP contribution in [0.5, 0.6) is 5.75 Å². The minimum absolute atomic E-state index is 0.0561. The fourth-order valence-corrected chi connectivity index (χ4v) is 4.73. The first-order valence-electron chi connectivity index (χ1n) is 9.81. The third-order valence-electron chi connectivity index (χ3n) is 5.26. The number of benzene rings is 1. The highest BCUT2D eigenvalue weighted by Gasteiger charge is 2.13. The lowest BCUT2D eigenvalue weighted by Gasteiger charge is -2.07. The fraction of sp³-hybridized carbons (Fsp3) is 0.364. The molecule has 2 heterocycles. The van der Waals surface area contributed by atoms with Crippen molar-refractivity contribution >= 4 is 33.2 Å². The van der Waals surface area contributed by atoms with Gasteiger partial charge in [0.2, 0.25) is 0 Å². The lowest BCUT2D eigenvalue weighted by Crippen LogP contribution is -2.27. The first-order chi connectivity index (χ1) is 14.0. The van der Waals surface area contributed by atoms with Gasteiger partial charge in [-0.3, -0.25) is 9.48 Å². The van der Waals surface area contributed by atoms with Crippen LogP contribution in [0.3, 0.4) is 0 Å². The average molecular weight is 474 g/mol. The van der Waals surface area contributed by atoms with Gasteiger partial charge in [-0.1, -0.05) is 6.07 Å². The van der Waals surface area contributed by atoms with Crippen molar-refractivity contribution in [1.29, 1.82) is 0 Å². The zero-order valence-electron chi connectivity index (χ0n) is 16.6. The molecular weight excluding hydrogens is 450 g/mol. The van der Waals surface area contributed by atoms with Gasteiger partial charge in [-0.25, -0.2) is 0 Å². The summed E-state index contributed by atoms with van der Waals surface area (Å²) in [7, 11) is 0. The summed E-state index contributed by atoms with van der Waals surface area (Å²) in [6.07, 6.45) is 3.55. The number of hydrogen-bond donors (Lipinski definition) is 1. The molecule has 1 amide bonds. The number of nitrogens with one attached hydrogen (secondary N) is 1. The molecular formula is C22H24BrN3O2S. The van der Waals surface area contributed by atoms with Crippen molar-refractivity contribution in [2.45, 2.75) is 46.3 Å². The van der Waals surface area contributed by atoms with E-state index in [9.17, 15) is 4.79 Å². The SMILES string of the molecule is Cc1nn(CCNC(=O)c2cc(COc3ccc4c(c3)CCC4)cs2)c(C)c1Br. The van der Waals surface area contributed by atoms with Gasteiger partial charge in [-0.2, -0.15) is 5.10 Å². The van der Waals surface area contributed by atoms with Crippen molar-refractivity contribution in [3.05, 3.63) is 67.1 Å². The molecule has 2 aromatic heterocycles. The van der Waals surface area contributed by atoms with Crippen molar-refractivity contribution in [2.75, 3.05) is 6.54 Å². The van der Waals surface area contributed by atoms with Crippen molar-refractivity contribution in [3.63, 3.8) is 0 Å². The predicted octanol–water partition coefficient (Wildman–Crippen LogP) is 4.82. The molecule has 0 radical (unpaired) electrons. The summed E-state index contributed by atoms with van der Waals surface area (Å²) >= 11 is 4.97. The number of carbonyl (C=O) groups excluding carboxylic acids is 1. The predicted molar refractivity (Wildman–Crippen MR) is 119 cm³/mol. The van der Waals surface area contributed by atoms with Crippen LogP contribution < -0.4 is 10.1 Å². The van der Waals surface area contributed by atoms with Crippen LogP contribution in [0.25, 0.3) is 0 Å². The van der Waals surface area contributed by atoms with E-state index < -0.39 is 0 Å². The number of thiophene rings is 1. The molecule has 1 aliphatic rings. The van der Waals surface area contributed by atoms with Gasteiger partial charge in [0.1, 0.15) is 12.4 Å². The molecule has 0 bridgehead atoms. The summed E-state index contributed by atoms with van der Waals surface area (Å²) in [5.41, 5.74) is 5.89. The van der Waals surface area contributed by atoms with E-state index >= 15 is 0 Å². The third kappa shape index (κ3) is 4.56. The number of amides is 1. The molecule has 7 heteroatoms. The Morgan fingerprint density at radius 3 is 2.90 bits per heavy atom. The highest BCUT2D eigenvalue weighted by molar-refractivity contribution is 9.10. The molecule has 0 saturated carbocycles. The number of aryl methyl sites for hydroxylation is 3. The first-order valence-corrected chi connectivity index (χ1v) is 11.5. The largest absolute Gasteiger partial charge is 0.489 e.